The van der Waals surface area contributed by atoms with Crippen LogP contribution in [0.15, 0.2) is 63.7 Å². The largest absolute Gasteiger partial charge is 1.00 e. The summed E-state index contributed by atoms with van der Waals surface area (Å²) in [6.07, 6.45) is 0. The number of fused-ring (bicyclic) bond motifs is 1. The molecular formula is C18H15N2NaO4S. The first kappa shape index (κ1) is 20.5. The van der Waals surface area contributed by atoms with Crippen LogP contribution in [0.2, 0.25) is 0 Å². The van der Waals surface area contributed by atoms with Gasteiger partial charge < -0.3 is 5.11 Å². The molecule has 0 saturated carbocycles. The van der Waals surface area contributed by atoms with E-state index in [1.807, 2.05) is 26.0 Å². The standard InChI is InChI=1S/C18H16N2O4S.Na/c1-11-7-8-15(12(2)9-11)19-20-16-10-17(25(22,23)24)13-5-3-4-6-14(13)18(16)21;/h3-10,21H,1-2H3,(H,22,23,24);/q;+1/p-1. The first-order chi connectivity index (χ1) is 11.8. The summed E-state index contributed by atoms with van der Waals surface area (Å²) in [5.74, 6) is -0.448. The molecule has 1 N–H and O–H groups in total. The van der Waals surface area contributed by atoms with Gasteiger partial charge in [-0.15, -0.1) is 0 Å². The number of azo groups is 1. The summed E-state index contributed by atoms with van der Waals surface area (Å²) in [5.41, 5.74) is 2.38. The quantitative estimate of drug-likeness (QED) is 0.420. The van der Waals surface area contributed by atoms with Crippen molar-refractivity contribution in [1.82, 2.24) is 0 Å². The van der Waals surface area contributed by atoms with E-state index in [1.165, 1.54) is 12.1 Å². The van der Waals surface area contributed by atoms with Crippen LogP contribution < -0.4 is 34.7 Å². The zero-order chi connectivity index (χ0) is 18.2. The Hall–Kier alpha value is -1.77. The average molecular weight is 378 g/mol. The maximum absolute atomic E-state index is 12.5. The molecular weight excluding hydrogens is 363 g/mol. The molecule has 0 amide bonds. The second-order valence-electron chi connectivity index (χ2n) is 5.73. The van der Waals surface area contributed by atoms with Crippen LogP contribution in [0, 0.1) is 13.8 Å². The molecule has 0 saturated heterocycles. The van der Waals surface area contributed by atoms with Crippen LogP contribution in [0.3, 0.4) is 0 Å². The second kappa shape index (κ2) is 7.85. The van der Waals surface area contributed by atoms with Crippen LogP contribution in [-0.4, -0.2) is 13.0 Å². The van der Waals surface area contributed by atoms with Gasteiger partial charge in [-0.25, -0.2) is 0 Å². The summed E-state index contributed by atoms with van der Waals surface area (Å²) in [7, 11) is -4.51. The number of nitrogens with zero attached hydrogens (tertiary/aromatic N) is 2. The van der Waals surface area contributed by atoms with Crippen LogP contribution in [0.1, 0.15) is 11.1 Å². The molecule has 3 aromatic rings. The Balaban J connectivity index is 0.00000243. The van der Waals surface area contributed by atoms with E-state index in [4.69, 9.17) is 0 Å². The maximum Gasteiger partial charge on any atom is 1.00 e. The van der Waals surface area contributed by atoms with E-state index in [9.17, 15) is 18.1 Å². The predicted octanol–water partition coefficient (Wildman–Crippen LogP) is 1.20. The molecule has 3 rings (SSSR count). The van der Waals surface area contributed by atoms with Gasteiger partial charge in [-0.2, -0.15) is 18.6 Å². The summed E-state index contributed by atoms with van der Waals surface area (Å²) >= 11 is 0. The zero-order valence-corrected chi connectivity index (χ0v) is 17.4. The molecule has 6 nitrogen and oxygen atoms in total. The van der Waals surface area contributed by atoms with E-state index >= 15 is 0 Å². The molecule has 8 heteroatoms. The summed E-state index contributed by atoms with van der Waals surface area (Å²) in [6, 6.07) is 12.8. The number of benzene rings is 3. The number of hydrogen-bond acceptors (Lipinski definition) is 5. The van der Waals surface area contributed by atoms with Gasteiger partial charge in [0.2, 0.25) is 0 Å². The average Bonchev–Trinajstić information content (AvgIpc) is 2.54. The molecule has 0 spiro atoms. The Morgan fingerprint density at radius 2 is 1.54 bits per heavy atom. The molecule has 0 fully saturated rings. The Kier molecular flexibility index (Phi) is 6.21. The van der Waals surface area contributed by atoms with E-state index in [-0.39, 0.29) is 50.9 Å². The van der Waals surface area contributed by atoms with E-state index < -0.39 is 15.9 Å². The van der Waals surface area contributed by atoms with Crippen molar-refractivity contribution in [1.29, 1.82) is 0 Å². The van der Waals surface area contributed by atoms with Crippen molar-refractivity contribution in [3.63, 3.8) is 0 Å². The van der Waals surface area contributed by atoms with Crippen LogP contribution in [0.4, 0.5) is 11.4 Å². The predicted molar refractivity (Wildman–Crippen MR) is 93.3 cm³/mol. The normalized spacial score (nSPS) is 11.7. The zero-order valence-electron chi connectivity index (χ0n) is 14.6. The summed E-state index contributed by atoms with van der Waals surface area (Å²) in [5, 5.41) is 20.8. The van der Waals surface area contributed by atoms with Crippen molar-refractivity contribution in [3.05, 3.63) is 59.7 Å². The van der Waals surface area contributed by atoms with E-state index in [0.717, 1.165) is 17.2 Å². The monoisotopic (exact) mass is 378 g/mol. The molecule has 0 aliphatic rings. The van der Waals surface area contributed by atoms with Crippen molar-refractivity contribution >= 4 is 32.3 Å². The van der Waals surface area contributed by atoms with Crippen LogP contribution in [-0.2, 0) is 10.1 Å². The third kappa shape index (κ3) is 4.13. The van der Waals surface area contributed by atoms with Gasteiger partial charge in [-0.1, -0.05) is 47.7 Å². The van der Waals surface area contributed by atoms with E-state index in [2.05, 4.69) is 10.2 Å². The number of aryl methyl sites for hydroxylation is 2. The van der Waals surface area contributed by atoms with Gasteiger partial charge in [0.05, 0.1) is 11.4 Å². The van der Waals surface area contributed by atoms with Gasteiger partial charge >= 0.3 is 29.6 Å². The first-order valence-corrected chi connectivity index (χ1v) is 8.90. The molecule has 0 aliphatic carbocycles. The molecule has 0 bridgehead atoms. The van der Waals surface area contributed by atoms with E-state index in [1.54, 1.807) is 18.2 Å². The molecule has 0 heterocycles. The molecule has 0 atom stereocenters. The fourth-order valence-electron chi connectivity index (χ4n) is 2.61. The Morgan fingerprint density at radius 1 is 0.923 bits per heavy atom. The fraction of sp³-hybridized carbons (Fsp3) is 0.111. The van der Waals surface area contributed by atoms with Gasteiger partial charge in [0, 0.05) is 5.39 Å². The van der Waals surface area contributed by atoms with Gasteiger partial charge in [-0.05, 0) is 36.9 Å². The van der Waals surface area contributed by atoms with E-state index in [0.29, 0.717) is 5.69 Å². The molecule has 128 valence electrons. The summed E-state index contributed by atoms with van der Waals surface area (Å²) < 4.78 is 32.8. The minimum Gasteiger partial charge on any atom is -0.871 e. The van der Waals surface area contributed by atoms with Crippen molar-refractivity contribution in [2.24, 2.45) is 10.2 Å². The van der Waals surface area contributed by atoms with Gasteiger partial charge in [0.25, 0.3) is 10.1 Å². The van der Waals surface area contributed by atoms with Crippen molar-refractivity contribution in [2.45, 2.75) is 18.7 Å². The number of rotatable bonds is 3. The third-order valence-corrected chi connectivity index (χ3v) is 4.73. The summed E-state index contributed by atoms with van der Waals surface area (Å²) in [4.78, 5) is -0.364. The van der Waals surface area contributed by atoms with Crippen LogP contribution in [0.25, 0.3) is 10.8 Å². The maximum atomic E-state index is 12.5. The first-order valence-electron chi connectivity index (χ1n) is 7.46. The van der Waals surface area contributed by atoms with Crippen molar-refractivity contribution in [2.75, 3.05) is 0 Å². The topological polar surface area (TPSA) is 102 Å². The second-order valence-corrected chi connectivity index (χ2v) is 7.12. The van der Waals surface area contributed by atoms with Crippen LogP contribution >= 0.6 is 0 Å². The molecule has 0 radical (unpaired) electrons. The molecule has 26 heavy (non-hydrogen) atoms. The Morgan fingerprint density at radius 3 is 2.15 bits per heavy atom. The Labute approximate surface area is 173 Å². The van der Waals surface area contributed by atoms with Crippen LogP contribution in [0.5, 0.6) is 5.75 Å². The van der Waals surface area contributed by atoms with Gasteiger partial charge in [0.1, 0.15) is 4.90 Å². The van der Waals surface area contributed by atoms with Gasteiger partial charge in [0.15, 0.2) is 0 Å². The smallest absolute Gasteiger partial charge is 0.871 e. The SMILES string of the molecule is Cc1ccc(N=Nc2cc(S(=O)(=O)O)c3ccccc3c2[O-])c(C)c1.[Na+]. The van der Waals surface area contributed by atoms with Crippen molar-refractivity contribution in [3.8, 4) is 5.75 Å². The molecule has 0 unspecified atom stereocenters. The summed E-state index contributed by atoms with van der Waals surface area (Å²) in [6.45, 7) is 3.81. The fourth-order valence-corrected chi connectivity index (χ4v) is 3.33. The third-order valence-electron chi connectivity index (χ3n) is 3.83. The van der Waals surface area contributed by atoms with Gasteiger partial charge in [-0.3, -0.25) is 4.55 Å². The van der Waals surface area contributed by atoms with Crippen molar-refractivity contribution < 1.29 is 47.6 Å². The minimum absolute atomic E-state index is 0. The molecule has 3 aromatic carbocycles. The number of hydrogen-bond donors (Lipinski definition) is 1. The minimum atomic E-state index is -4.51. The molecule has 0 aliphatic heterocycles. The molecule has 0 aromatic heterocycles. The Bertz CT molecular complexity index is 1110.